The Hall–Kier alpha value is -1.84. The molecule has 3 rings (SSSR count). The maximum atomic E-state index is 13.8. The van der Waals surface area contributed by atoms with E-state index in [2.05, 4.69) is 10.3 Å². The monoisotopic (exact) mass is 260 g/mol. The van der Waals surface area contributed by atoms with Gasteiger partial charge < -0.3 is 10.3 Å². The normalized spacial score (nSPS) is 16.1. The summed E-state index contributed by atoms with van der Waals surface area (Å²) >= 11 is 0. The number of hydrogen-bond acceptors (Lipinski definition) is 1. The zero-order valence-electron chi connectivity index (χ0n) is 10.7. The molecule has 100 valence electrons. The number of carbonyl (C=O) groups excluding carboxylic acids is 1. The fourth-order valence-electron chi connectivity index (χ4n) is 2.87. The third-order valence-electron chi connectivity index (χ3n) is 3.81. The van der Waals surface area contributed by atoms with Gasteiger partial charge >= 0.3 is 0 Å². The molecule has 1 aliphatic rings. The second-order valence-corrected chi connectivity index (χ2v) is 5.20. The van der Waals surface area contributed by atoms with Gasteiger partial charge in [-0.15, -0.1) is 0 Å². The zero-order valence-corrected chi connectivity index (χ0v) is 10.7. The molecule has 19 heavy (non-hydrogen) atoms. The highest BCUT2D eigenvalue weighted by atomic mass is 19.1. The molecule has 0 saturated heterocycles. The predicted octanol–water partition coefficient (Wildman–Crippen LogP) is 2.91. The summed E-state index contributed by atoms with van der Waals surface area (Å²) in [6, 6.07) is 5.21. The molecule has 2 N–H and O–H groups in total. The number of amides is 1. The van der Waals surface area contributed by atoms with Crippen LogP contribution in [0, 0.1) is 5.82 Å². The van der Waals surface area contributed by atoms with E-state index in [1.807, 2.05) is 6.07 Å². The lowest BCUT2D eigenvalue weighted by atomic mass is 10.1. The third-order valence-corrected chi connectivity index (χ3v) is 3.81. The van der Waals surface area contributed by atoms with Crippen LogP contribution in [-0.4, -0.2) is 16.9 Å². The summed E-state index contributed by atoms with van der Waals surface area (Å²) in [6.07, 6.45) is 6.46. The number of halogens is 1. The van der Waals surface area contributed by atoms with Gasteiger partial charge in [0.15, 0.2) is 0 Å². The molecule has 0 unspecified atom stereocenters. The Kier molecular flexibility index (Phi) is 3.23. The number of aromatic amines is 1. The summed E-state index contributed by atoms with van der Waals surface area (Å²) < 4.78 is 13.8. The Morgan fingerprint density at radius 3 is 2.95 bits per heavy atom. The van der Waals surface area contributed by atoms with E-state index in [9.17, 15) is 9.18 Å². The third kappa shape index (κ3) is 2.48. The maximum absolute atomic E-state index is 13.8. The number of rotatable bonds is 3. The van der Waals surface area contributed by atoms with Gasteiger partial charge in [0, 0.05) is 23.1 Å². The van der Waals surface area contributed by atoms with Crippen LogP contribution in [0.2, 0.25) is 0 Å². The van der Waals surface area contributed by atoms with Crippen LogP contribution < -0.4 is 5.32 Å². The van der Waals surface area contributed by atoms with Crippen LogP contribution in [0.25, 0.3) is 10.9 Å². The molecule has 1 aliphatic carbocycles. The molecular formula is C15H17FN2O. The van der Waals surface area contributed by atoms with E-state index in [0.29, 0.717) is 11.4 Å². The molecule has 3 nitrogen and oxygen atoms in total. The molecular weight excluding hydrogens is 243 g/mol. The molecule has 2 aromatic rings. The lowest BCUT2D eigenvalue weighted by Crippen LogP contribution is -2.33. The van der Waals surface area contributed by atoms with Crippen molar-refractivity contribution in [2.45, 2.75) is 38.1 Å². The number of nitrogens with one attached hydrogen (secondary N) is 2. The predicted molar refractivity (Wildman–Crippen MR) is 72.4 cm³/mol. The Balaban J connectivity index is 1.75. The van der Waals surface area contributed by atoms with Crippen molar-refractivity contribution in [2.24, 2.45) is 0 Å². The van der Waals surface area contributed by atoms with Crippen LogP contribution >= 0.6 is 0 Å². The van der Waals surface area contributed by atoms with E-state index in [4.69, 9.17) is 0 Å². The minimum atomic E-state index is -0.276. The van der Waals surface area contributed by atoms with Crippen LogP contribution in [0.5, 0.6) is 0 Å². The van der Waals surface area contributed by atoms with Crippen molar-refractivity contribution in [3.63, 3.8) is 0 Å². The highest BCUT2D eigenvalue weighted by Gasteiger charge is 2.18. The molecule has 1 heterocycles. The summed E-state index contributed by atoms with van der Waals surface area (Å²) in [5, 5.41) is 3.56. The average Bonchev–Trinajstić information content (AvgIpc) is 3.00. The van der Waals surface area contributed by atoms with E-state index in [1.165, 1.54) is 18.9 Å². The van der Waals surface area contributed by atoms with Crippen molar-refractivity contribution < 1.29 is 9.18 Å². The molecule has 1 fully saturated rings. The standard InChI is InChI=1S/C15H17FN2O/c16-12-6-3-7-13-15(12)10(9-17-13)8-14(19)18-11-4-1-2-5-11/h3,6-7,9,11,17H,1-2,4-5,8H2,(H,18,19). The minimum absolute atomic E-state index is 0.0175. The molecule has 0 bridgehead atoms. The second kappa shape index (κ2) is 5.03. The number of hydrogen-bond donors (Lipinski definition) is 2. The molecule has 0 aliphatic heterocycles. The number of aromatic nitrogens is 1. The lowest BCUT2D eigenvalue weighted by Gasteiger charge is -2.11. The first kappa shape index (κ1) is 12.2. The van der Waals surface area contributed by atoms with E-state index in [-0.39, 0.29) is 18.1 Å². The van der Waals surface area contributed by atoms with Gasteiger partial charge in [-0.25, -0.2) is 4.39 Å². The van der Waals surface area contributed by atoms with Crippen LogP contribution in [0.1, 0.15) is 31.2 Å². The first-order valence-corrected chi connectivity index (χ1v) is 6.78. The molecule has 1 amide bonds. The Labute approximate surface area is 111 Å². The molecule has 0 radical (unpaired) electrons. The highest BCUT2D eigenvalue weighted by Crippen LogP contribution is 2.22. The molecule has 0 atom stereocenters. The largest absolute Gasteiger partial charge is 0.361 e. The van der Waals surface area contributed by atoms with Crippen molar-refractivity contribution in [3.05, 3.63) is 35.8 Å². The summed E-state index contributed by atoms with van der Waals surface area (Å²) in [7, 11) is 0. The van der Waals surface area contributed by atoms with E-state index < -0.39 is 0 Å². The molecule has 1 aromatic heterocycles. The first-order valence-electron chi connectivity index (χ1n) is 6.78. The van der Waals surface area contributed by atoms with Crippen molar-refractivity contribution in [3.8, 4) is 0 Å². The van der Waals surface area contributed by atoms with Gasteiger partial charge in [-0.1, -0.05) is 18.9 Å². The van der Waals surface area contributed by atoms with Crippen LogP contribution in [0.3, 0.4) is 0 Å². The summed E-state index contributed by atoms with van der Waals surface area (Å²) in [5.41, 5.74) is 1.47. The smallest absolute Gasteiger partial charge is 0.224 e. The van der Waals surface area contributed by atoms with Crippen molar-refractivity contribution in [1.82, 2.24) is 10.3 Å². The van der Waals surface area contributed by atoms with Crippen molar-refractivity contribution in [1.29, 1.82) is 0 Å². The molecule has 0 spiro atoms. The molecule has 4 heteroatoms. The van der Waals surface area contributed by atoms with Gasteiger partial charge in [0.1, 0.15) is 5.82 Å². The topological polar surface area (TPSA) is 44.9 Å². The quantitative estimate of drug-likeness (QED) is 0.875. The van der Waals surface area contributed by atoms with Crippen LogP contribution in [-0.2, 0) is 11.2 Å². The van der Waals surface area contributed by atoms with Gasteiger partial charge in [-0.3, -0.25) is 4.79 Å². The van der Waals surface area contributed by atoms with Gasteiger partial charge in [-0.05, 0) is 30.5 Å². The highest BCUT2D eigenvalue weighted by molar-refractivity contribution is 5.89. The number of benzene rings is 1. The van der Waals surface area contributed by atoms with Crippen LogP contribution in [0.4, 0.5) is 4.39 Å². The number of H-pyrrole nitrogens is 1. The number of carbonyl (C=O) groups is 1. The van der Waals surface area contributed by atoms with E-state index in [1.54, 1.807) is 12.3 Å². The maximum Gasteiger partial charge on any atom is 0.224 e. The van der Waals surface area contributed by atoms with E-state index >= 15 is 0 Å². The second-order valence-electron chi connectivity index (χ2n) is 5.20. The molecule has 1 saturated carbocycles. The van der Waals surface area contributed by atoms with Gasteiger partial charge in [-0.2, -0.15) is 0 Å². The fraction of sp³-hybridized carbons (Fsp3) is 0.400. The average molecular weight is 260 g/mol. The number of fused-ring (bicyclic) bond motifs is 1. The Morgan fingerprint density at radius 1 is 1.37 bits per heavy atom. The van der Waals surface area contributed by atoms with Gasteiger partial charge in [0.2, 0.25) is 5.91 Å². The van der Waals surface area contributed by atoms with Crippen molar-refractivity contribution >= 4 is 16.8 Å². The molecule has 1 aromatic carbocycles. The Morgan fingerprint density at radius 2 is 2.16 bits per heavy atom. The van der Waals surface area contributed by atoms with Crippen molar-refractivity contribution in [2.75, 3.05) is 0 Å². The first-order chi connectivity index (χ1) is 9.24. The van der Waals surface area contributed by atoms with Gasteiger partial charge in [0.25, 0.3) is 0 Å². The van der Waals surface area contributed by atoms with Gasteiger partial charge in [0.05, 0.1) is 6.42 Å². The Bertz CT molecular complexity index is 599. The summed E-state index contributed by atoms with van der Waals surface area (Å²) in [6.45, 7) is 0. The fourth-order valence-corrected chi connectivity index (χ4v) is 2.87. The van der Waals surface area contributed by atoms with Crippen LogP contribution in [0.15, 0.2) is 24.4 Å². The SMILES string of the molecule is O=C(Cc1c[nH]c2cccc(F)c12)NC1CCCC1. The summed E-state index contributed by atoms with van der Waals surface area (Å²) in [4.78, 5) is 15.0. The zero-order chi connectivity index (χ0) is 13.2. The minimum Gasteiger partial charge on any atom is -0.361 e. The summed E-state index contributed by atoms with van der Waals surface area (Å²) in [5.74, 6) is -0.293. The van der Waals surface area contributed by atoms with E-state index in [0.717, 1.165) is 23.9 Å². The lowest BCUT2D eigenvalue weighted by molar-refractivity contribution is -0.121.